The van der Waals surface area contributed by atoms with Crippen molar-refractivity contribution < 1.29 is 24.1 Å². The van der Waals surface area contributed by atoms with E-state index in [4.69, 9.17) is 4.74 Å². The van der Waals surface area contributed by atoms with Gasteiger partial charge in [-0.1, -0.05) is 12.1 Å². The lowest BCUT2D eigenvalue weighted by Crippen LogP contribution is -2.56. The van der Waals surface area contributed by atoms with Gasteiger partial charge in [0.25, 0.3) is 5.91 Å². The van der Waals surface area contributed by atoms with Gasteiger partial charge in [-0.3, -0.25) is 9.78 Å². The van der Waals surface area contributed by atoms with Gasteiger partial charge in [-0.15, -0.1) is 0 Å². The van der Waals surface area contributed by atoms with Crippen molar-refractivity contribution in [1.82, 2.24) is 9.88 Å². The average molecular weight is 388 g/mol. The van der Waals surface area contributed by atoms with Crippen LogP contribution >= 0.6 is 0 Å². The number of methoxy groups -OCH3 is 1. The number of nitrogens with zero attached hydrogens (tertiary/aromatic N) is 2. The molecule has 1 aromatic heterocycles. The summed E-state index contributed by atoms with van der Waals surface area (Å²) >= 11 is 0. The number of carbonyl (C=O) groups is 1. The molecule has 2 heterocycles. The number of aromatic nitrogens is 1. The quantitative estimate of drug-likeness (QED) is 0.818. The Morgan fingerprint density at radius 2 is 2.11 bits per heavy atom. The number of aryl methyl sites for hydroxylation is 1. The summed E-state index contributed by atoms with van der Waals surface area (Å²) in [4.78, 5) is 18.9. The first-order valence-electron chi connectivity index (χ1n) is 9.22. The zero-order chi connectivity index (χ0) is 20.3. The van der Waals surface area contributed by atoms with Gasteiger partial charge in [0.2, 0.25) is 0 Å². The van der Waals surface area contributed by atoms with E-state index in [1.54, 1.807) is 30.0 Å². The Balaban J connectivity index is 1.87. The molecule has 0 aliphatic carbocycles. The number of hydrogen-bond acceptors (Lipinski definition) is 5. The van der Waals surface area contributed by atoms with Crippen molar-refractivity contribution in [3.8, 4) is 5.75 Å². The summed E-state index contributed by atoms with van der Waals surface area (Å²) in [6.45, 7) is 2.06. The van der Waals surface area contributed by atoms with Crippen LogP contribution in [0.4, 0.5) is 4.39 Å². The van der Waals surface area contributed by atoms with Crippen LogP contribution in [0.25, 0.3) is 0 Å². The highest BCUT2D eigenvalue weighted by Gasteiger charge is 2.44. The summed E-state index contributed by atoms with van der Waals surface area (Å²) in [5.41, 5.74) is 0.975. The monoisotopic (exact) mass is 388 g/mol. The van der Waals surface area contributed by atoms with Gasteiger partial charge in [0, 0.05) is 24.2 Å². The van der Waals surface area contributed by atoms with Crippen molar-refractivity contribution in [1.29, 1.82) is 0 Å². The number of benzene rings is 1. The van der Waals surface area contributed by atoms with Crippen LogP contribution in [0.1, 0.15) is 28.0 Å². The zero-order valence-corrected chi connectivity index (χ0v) is 16.1. The van der Waals surface area contributed by atoms with Gasteiger partial charge in [0.1, 0.15) is 11.6 Å². The molecule has 0 saturated carbocycles. The molecule has 2 aromatic rings. The molecule has 1 aromatic carbocycles. The van der Waals surface area contributed by atoms with Crippen LogP contribution < -0.4 is 4.74 Å². The standard InChI is InChI=1S/C21H25FN2O4/c1-14-9-17(18(28-2)11-23-14)20(27)24-8-7-19(26)21(12-24,13-25)10-15-3-5-16(22)6-4-15/h3-6,9,11,19,25-26H,7-8,10,12-13H2,1-2H3/t19-,21-/m0/s1. The van der Waals surface area contributed by atoms with E-state index in [9.17, 15) is 19.4 Å². The largest absolute Gasteiger partial charge is 0.494 e. The number of piperidine rings is 1. The second-order valence-corrected chi connectivity index (χ2v) is 7.38. The molecule has 0 bridgehead atoms. The highest BCUT2D eigenvalue weighted by atomic mass is 19.1. The van der Waals surface area contributed by atoms with E-state index in [1.807, 2.05) is 0 Å². The number of ether oxygens (including phenoxy) is 1. The molecular formula is C21H25FN2O4. The van der Waals surface area contributed by atoms with E-state index in [0.29, 0.717) is 36.4 Å². The summed E-state index contributed by atoms with van der Waals surface area (Å²) in [5.74, 6) is -0.191. The van der Waals surface area contributed by atoms with Gasteiger partial charge in [-0.05, 0) is 43.5 Å². The van der Waals surface area contributed by atoms with Gasteiger partial charge in [0.15, 0.2) is 0 Å². The molecule has 1 saturated heterocycles. The molecule has 1 aliphatic rings. The number of aliphatic hydroxyl groups excluding tert-OH is 2. The minimum atomic E-state index is -0.916. The Hall–Kier alpha value is -2.51. The van der Waals surface area contributed by atoms with E-state index >= 15 is 0 Å². The first-order valence-corrected chi connectivity index (χ1v) is 9.22. The molecule has 0 spiro atoms. The SMILES string of the molecule is COc1cnc(C)cc1C(=O)N1CC[C@H](O)[C@@](CO)(Cc2ccc(F)cc2)C1. The fraction of sp³-hybridized carbons (Fsp3) is 0.429. The number of rotatable bonds is 5. The molecule has 150 valence electrons. The number of aliphatic hydroxyl groups is 2. The zero-order valence-electron chi connectivity index (χ0n) is 16.1. The number of pyridine rings is 1. The smallest absolute Gasteiger partial charge is 0.257 e. The van der Waals surface area contributed by atoms with Crippen molar-refractivity contribution >= 4 is 5.91 Å². The van der Waals surface area contributed by atoms with Crippen LogP contribution in [0.2, 0.25) is 0 Å². The lowest BCUT2D eigenvalue weighted by atomic mass is 9.73. The van der Waals surface area contributed by atoms with Crippen LogP contribution in [-0.4, -0.2) is 58.9 Å². The molecule has 28 heavy (non-hydrogen) atoms. The van der Waals surface area contributed by atoms with Crippen LogP contribution in [0, 0.1) is 18.2 Å². The Morgan fingerprint density at radius 3 is 2.75 bits per heavy atom. The number of halogens is 1. The molecule has 1 fully saturated rings. The Bertz CT molecular complexity index is 843. The third kappa shape index (κ3) is 4.00. The topological polar surface area (TPSA) is 82.9 Å². The predicted molar refractivity (Wildman–Crippen MR) is 102 cm³/mol. The first-order chi connectivity index (χ1) is 13.4. The van der Waals surface area contributed by atoms with Crippen LogP contribution in [0.3, 0.4) is 0 Å². The van der Waals surface area contributed by atoms with Crippen molar-refractivity contribution in [2.24, 2.45) is 5.41 Å². The third-order valence-electron chi connectivity index (χ3n) is 5.41. The molecule has 7 heteroatoms. The van der Waals surface area contributed by atoms with Crippen molar-refractivity contribution in [2.75, 3.05) is 26.8 Å². The van der Waals surface area contributed by atoms with Gasteiger partial charge in [0.05, 0.1) is 31.6 Å². The minimum Gasteiger partial charge on any atom is -0.494 e. The van der Waals surface area contributed by atoms with Crippen LogP contribution in [0.5, 0.6) is 5.75 Å². The molecule has 1 aliphatic heterocycles. The maximum Gasteiger partial charge on any atom is 0.257 e. The molecule has 0 radical (unpaired) electrons. The van der Waals surface area contributed by atoms with E-state index in [0.717, 1.165) is 5.56 Å². The van der Waals surface area contributed by atoms with Gasteiger partial charge >= 0.3 is 0 Å². The van der Waals surface area contributed by atoms with Gasteiger partial charge in [-0.2, -0.15) is 0 Å². The fourth-order valence-electron chi connectivity index (χ4n) is 3.76. The van der Waals surface area contributed by atoms with Crippen molar-refractivity contribution in [2.45, 2.75) is 25.9 Å². The van der Waals surface area contributed by atoms with E-state index in [1.165, 1.54) is 25.4 Å². The Labute approximate surface area is 163 Å². The van der Waals surface area contributed by atoms with Gasteiger partial charge in [-0.25, -0.2) is 4.39 Å². The summed E-state index contributed by atoms with van der Waals surface area (Å²) < 4.78 is 18.5. The lowest BCUT2D eigenvalue weighted by Gasteiger charge is -2.45. The lowest BCUT2D eigenvalue weighted by molar-refractivity contribution is -0.0669. The molecular weight excluding hydrogens is 363 g/mol. The second-order valence-electron chi connectivity index (χ2n) is 7.38. The summed E-state index contributed by atoms with van der Waals surface area (Å²) in [7, 11) is 1.48. The molecule has 6 nitrogen and oxygen atoms in total. The first kappa shape index (κ1) is 20.2. The summed E-state index contributed by atoms with van der Waals surface area (Å²) in [6.07, 6.45) is 1.42. The molecule has 0 unspecified atom stereocenters. The van der Waals surface area contributed by atoms with Crippen molar-refractivity contribution in [3.63, 3.8) is 0 Å². The van der Waals surface area contributed by atoms with E-state index < -0.39 is 11.5 Å². The summed E-state index contributed by atoms with van der Waals surface area (Å²) in [5, 5.41) is 20.8. The molecule has 3 rings (SSSR count). The van der Waals surface area contributed by atoms with E-state index in [-0.39, 0.29) is 24.9 Å². The Kier molecular flexibility index (Phi) is 5.96. The number of amides is 1. The van der Waals surface area contributed by atoms with Gasteiger partial charge < -0.3 is 19.8 Å². The third-order valence-corrected chi connectivity index (χ3v) is 5.41. The highest BCUT2D eigenvalue weighted by Crippen LogP contribution is 2.35. The van der Waals surface area contributed by atoms with E-state index in [2.05, 4.69) is 4.98 Å². The number of likely N-dealkylation sites (tertiary alicyclic amines) is 1. The number of carbonyl (C=O) groups excluding carboxylic acids is 1. The average Bonchev–Trinajstić information content (AvgIpc) is 2.70. The highest BCUT2D eigenvalue weighted by molar-refractivity contribution is 5.97. The fourth-order valence-corrected chi connectivity index (χ4v) is 3.76. The normalized spacial score (nSPS) is 22.2. The van der Waals surface area contributed by atoms with Crippen LogP contribution in [-0.2, 0) is 6.42 Å². The maximum absolute atomic E-state index is 13.2. The summed E-state index contributed by atoms with van der Waals surface area (Å²) in [6, 6.07) is 7.64. The molecule has 1 amide bonds. The number of hydrogen-bond donors (Lipinski definition) is 2. The van der Waals surface area contributed by atoms with Crippen LogP contribution in [0.15, 0.2) is 36.5 Å². The molecule has 2 N–H and O–H groups in total. The molecule has 2 atom stereocenters. The Morgan fingerprint density at radius 1 is 1.39 bits per heavy atom. The maximum atomic E-state index is 13.2. The predicted octanol–water partition coefficient (Wildman–Crippen LogP) is 1.97. The second kappa shape index (κ2) is 8.24. The van der Waals surface area contributed by atoms with Crippen molar-refractivity contribution in [3.05, 3.63) is 59.2 Å². The minimum absolute atomic E-state index is 0.186.